The van der Waals surface area contributed by atoms with Crippen LogP contribution in [0.4, 0.5) is 0 Å². The van der Waals surface area contributed by atoms with E-state index in [1.807, 2.05) is 29.5 Å². The maximum absolute atomic E-state index is 5.46. The first kappa shape index (κ1) is 13.1. The summed E-state index contributed by atoms with van der Waals surface area (Å²) in [5, 5.41) is 8.83. The van der Waals surface area contributed by atoms with Crippen LogP contribution in [0.3, 0.4) is 0 Å². The molecule has 0 unspecified atom stereocenters. The summed E-state index contributed by atoms with van der Waals surface area (Å²) in [6.07, 6.45) is 1.90. The molecule has 0 atom stereocenters. The third-order valence-corrected chi connectivity index (χ3v) is 4.12. The Morgan fingerprint density at radius 1 is 1.35 bits per heavy atom. The Balaban J connectivity index is 2.18. The van der Waals surface area contributed by atoms with Crippen LogP contribution in [0.1, 0.15) is 23.9 Å². The Bertz CT molecular complexity index is 831. The Morgan fingerprint density at radius 3 is 2.70 bits per heavy atom. The van der Waals surface area contributed by atoms with Crippen molar-refractivity contribution in [3.8, 4) is 0 Å². The first-order valence-electron chi connectivity index (χ1n) is 6.66. The van der Waals surface area contributed by atoms with E-state index in [1.54, 1.807) is 0 Å². The van der Waals surface area contributed by atoms with Gasteiger partial charge in [-0.2, -0.15) is 10.2 Å². The maximum atomic E-state index is 5.46. The van der Waals surface area contributed by atoms with Gasteiger partial charge in [0.25, 0.3) is 0 Å². The summed E-state index contributed by atoms with van der Waals surface area (Å²) in [5.41, 5.74) is 5.39. The first-order chi connectivity index (χ1) is 9.52. The van der Waals surface area contributed by atoms with Gasteiger partial charge in [-0.05, 0) is 33.0 Å². The summed E-state index contributed by atoms with van der Waals surface area (Å²) >= 11 is 5.46. The second kappa shape index (κ2) is 4.59. The normalized spacial score (nSPS) is 11.6. The number of fused-ring (bicyclic) bond motifs is 1. The zero-order chi connectivity index (χ0) is 14.4. The van der Waals surface area contributed by atoms with Crippen molar-refractivity contribution in [3.05, 3.63) is 27.9 Å². The number of rotatable bonds is 3. The number of aromatic nitrogens is 6. The van der Waals surface area contributed by atoms with E-state index in [2.05, 4.69) is 33.6 Å². The van der Waals surface area contributed by atoms with Crippen LogP contribution in [0.25, 0.3) is 11.2 Å². The zero-order valence-corrected chi connectivity index (χ0v) is 13.0. The molecule has 0 aliphatic carbocycles. The lowest BCUT2D eigenvalue weighted by Crippen LogP contribution is -2.07. The molecule has 7 heteroatoms. The van der Waals surface area contributed by atoms with Crippen LogP contribution >= 0.6 is 12.2 Å². The highest BCUT2D eigenvalue weighted by Crippen LogP contribution is 2.20. The van der Waals surface area contributed by atoms with Gasteiger partial charge in [0.1, 0.15) is 5.52 Å². The van der Waals surface area contributed by atoms with Crippen molar-refractivity contribution in [2.45, 2.75) is 33.9 Å². The molecule has 3 aromatic heterocycles. The molecule has 3 heterocycles. The highest BCUT2D eigenvalue weighted by atomic mass is 32.1. The number of hydrogen-bond donors (Lipinski definition) is 1. The molecule has 0 radical (unpaired) electrons. The first-order valence-corrected chi connectivity index (χ1v) is 7.07. The minimum atomic E-state index is 0.712. The van der Waals surface area contributed by atoms with Crippen molar-refractivity contribution in [1.29, 1.82) is 0 Å². The maximum Gasteiger partial charge on any atom is 0.179 e. The number of H-pyrrole nitrogens is 1. The highest BCUT2D eigenvalue weighted by molar-refractivity contribution is 7.71. The third kappa shape index (κ3) is 1.81. The average molecular weight is 290 g/mol. The minimum Gasteiger partial charge on any atom is -0.328 e. The summed E-state index contributed by atoms with van der Waals surface area (Å²) in [6.45, 7) is 7.69. The van der Waals surface area contributed by atoms with E-state index < -0.39 is 0 Å². The van der Waals surface area contributed by atoms with Crippen LogP contribution in [0.2, 0.25) is 0 Å². The molecule has 0 spiro atoms. The highest BCUT2D eigenvalue weighted by Gasteiger charge is 2.15. The molecule has 0 saturated carbocycles. The van der Waals surface area contributed by atoms with E-state index >= 15 is 0 Å². The molecule has 0 aliphatic heterocycles. The van der Waals surface area contributed by atoms with Crippen molar-refractivity contribution in [2.24, 2.45) is 7.05 Å². The molecular weight excluding hydrogens is 272 g/mol. The SMILES string of the molecule is CCn1nc(C)c2[nH]c(=S)n(Cc3cnn(C)c3C)c21. The summed E-state index contributed by atoms with van der Waals surface area (Å²) in [7, 11) is 1.95. The summed E-state index contributed by atoms with van der Waals surface area (Å²) < 4.78 is 6.69. The Kier molecular flexibility index (Phi) is 3.01. The molecule has 0 aliphatic rings. The predicted molar refractivity (Wildman–Crippen MR) is 80.4 cm³/mol. The fraction of sp³-hybridized carbons (Fsp3) is 0.462. The van der Waals surface area contributed by atoms with E-state index in [0.717, 1.165) is 33.9 Å². The van der Waals surface area contributed by atoms with Gasteiger partial charge in [-0.3, -0.25) is 9.25 Å². The topological polar surface area (TPSA) is 56.4 Å². The smallest absolute Gasteiger partial charge is 0.179 e. The van der Waals surface area contributed by atoms with Gasteiger partial charge >= 0.3 is 0 Å². The van der Waals surface area contributed by atoms with Gasteiger partial charge in [-0.15, -0.1) is 0 Å². The molecule has 3 aromatic rings. The molecule has 106 valence electrons. The number of nitrogens with one attached hydrogen (secondary N) is 1. The zero-order valence-electron chi connectivity index (χ0n) is 12.1. The molecular formula is C13H18N6S. The van der Waals surface area contributed by atoms with Gasteiger partial charge in [-0.25, -0.2) is 4.68 Å². The van der Waals surface area contributed by atoms with Crippen molar-refractivity contribution in [3.63, 3.8) is 0 Å². The molecule has 20 heavy (non-hydrogen) atoms. The Labute approximate surface area is 122 Å². The van der Waals surface area contributed by atoms with Gasteiger partial charge in [-0.1, -0.05) is 0 Å². The van der Waals surface area contributed by atoms with Crippen LogP contribution in [-0.4, -0.2) is 29.1 Å². The molecule has 0 bridgehead atoms. The van der Waals surface area contributed by atoms with Crippen LogP contribution in [0.5, 0.6) is 0 Å². The van der Waals surface area contributed by atoms with Gasteiger partial charge in [0.05, 0.1) is 18.4 Å². The molecule has 0 amide bonds. The Morgan fingerprint density at radius 2 is 2.10 bits per heavy atom. The van der Waals surface area contributed by atoms with E-state index in [1.165, 1.54) is 5.56 Å². The number of aromatic amines is 1. The van der Waals surface area contributed by atoms with E-state index in [0.29, 0.717) is 6.54 Å². The fourth-order valence-corrected chi connectivity index (χ4v) is 2.75. The summed E-state index contributed by atoms with van der Waals surface area (Å²) in [5.74, 6) is 0. The van der Waals surface area contributed by atoms with Crippen molar-refractivity contribution < 1.29 is 0 Å². The lowest BCUT2D eigenvalue weighted by molar-refractivity contribution is 0.642. The molecule has 3 rings (SSSR count). The predicted octanol–water partition coefficient (Wildman–Crippen LogP) is 2.31. The number of hydrogen-bond acceptors (Lipinski definition) is 3. The average Bonchev–Trinajstić information content (AvgIpc) is 3.01. The molecule has 6 nitrogen and oxygen atoms in total. The number of imidazole rings is 1. The lowest BCUT2D eigenvalue weighted by Gasteiger charge is -2.06. The van der Waals surface area contributed by atoms with Gasteiger partial charge in [0.15, 0.2) is 10.4 Å². The largest absolute Gasteiger partial charge is 0.328 e. The standard InChI is InChI=1S/C13H18N6S/c1-5-19-12-11(8(2)16-19)15-13(20)18(12)7-10-6-14-17(4)9(10)3/h6H,5,7H2,1-4H3,(H,15,20). The van der Waals surface area contributed by atoms with Gasteiger partial charge in [0, 0.05) is 24.8 Å². The second-order valence-electron chi connectivity index (χ2n) is 4.99. The fourth-order valence-electron chi connectivity index (χ4n) is 2.50. The molecule has 1 N–H and O–H groups in total. The van der Waals surface area contributed by atoms with Crippen molar-refractivity contribution >= 4 is 23.4 Å². The number of aryl methyl sites for hydroxylation is 3. The molecule has 0 aromatic carbocycles. The Hall–Kier alpha value is -1.89. The van der Waals surface area contributed by atoms with Crippen LogP contribution in [0, 0.1) is 18.6 Å². The van der Waals surface area contributed by atoms with Crippen molar-refractivity contribution in [1.82, 2.24) is 29.1 Å². The van der Waals surface area contributed by atoms with E-state index in [9.17, 15) is 0 Å². The van der Waals surface area contributed by atoms with Gasteiger partial charge in [0.2, 0.25) is 0 Å². The van der Waals surface area contributed by atoms with Crippen LogP contribution < -0.4 is 0 Å². The molecule has 0 saturated heterocycles. The van der Waals surface area contributed by atoms with Crippen molar-refractivity contribution in [2.75, 3.05) is 0 Å². The minimum absolute atomic E-state index is 0.712. The quantitative estimate of drug-likeness (QED) is 0.753. The van der Waals surface area contributed by atoms with Crippen LogP contribution in [-0.2, 0) is 20.1 Å². The lowest BCUT2D eigenvalue weighted by atomic mass is 10.2. The van der Waals surface area contributed by atoms with Gasteiger partial charge < -0.3 is 4.98 Å². The number of nitrogens with zero attached hydrogens (tertiary/aromatic N) is 5. The third-order valence-electron chi connectivity index (χ3n) is 3.80. The van der Waals surface area contributed by atoms with E-state index in [-0.39, 0.29) is 0 Å². The summed E-state index contributed by atoms with van der Waals surface area (Å²) in [4.78, 5) is 3.26. The second-order valence-corrected chi connectivity index (χ2v) is 5.38. The van der Waals surface area contributed by atoms with Crippen LogP contribution in [0.15, 0.2) is 6.20 Å². The van der Waals surface area contributed by atoms with E-state index in [4.69, 9.17) is 12.2 Å². The monoisotopic (exact) mass is 290 g/mol. The molecule has 0 fully saturated rings. The summed E-state index contributed by atoms with van der Waals surface area (Å²) in [6, 6.07) is 0.